The summed E-state index contributed by atoms with van der Waals surface area (Å²) < 4.78 is 6.03. The Morgan fingerprint density at radius 2 is 2.55 bits per heavy atom. The molecule has 1 unspecified atom stereocenters. The van der Waals surface area contributed by atoms with Crippen LogP contribution in [0.1, 0.15) is 24.4 Å². The second-order valence-corrected chi connectivity index (χ2v) is 3.52. The summed E-state index contributed by atoms with van der Waals surface area (Å²) in [6.45, 7) is 1.13. The van der Waals surface area contributed by atoms with E-state index in [0.717, 1.165) is 11.2 Å². The topological polar surface area (TPSA) is 25.2 Å². The van der Waals surface area contributed by atoms with Crippen LogP contribution in [-0.4, -0.2) is 6.54 Å². The van der Waals surface area contributed by atoms with Gasteiger partial charge in [-0.2, -0.15) is 0 Å². The molecule has 1 fully saturated rings. The zero-order valence-corrected chi connectivity index (χ0v) is 7.73. The molecular formula is C8H10BrNO. The minimum Gasteiger partial charge on any atom is -0.457 e. The Hall–Kier alpha value is -0.280. The van der Waals surface area contributed by atoms with Crippen LogP contribution in [0, 0.1) is 0 Å². The van der Waals surface area contributed by atoms with E-state index in [2.05, 4.69) is 21.2 Å². The number of rotatable bonds is 1. The van der Waals surface area contributed by atoms with E-state index in [9.17, 15) is 0 Å². The molecule has 1 N–H and O–H groups in total. The van der Waals surface area contributed by atoms with Gasteiger partial charge in [0.15, 0.2) is 4.67 Å². The first-order valence-corrected chi connectivity index (χ1v) is 4.63. The molecule has 1 aromatic heterocycles. The normalized spacial score (nSPS) is 24.3. The molecule has 0 aliphatic carbocycles. The Balaban J connectivity index is 2.21. The second-order valence-electron chi connectivity index (χ2n) is 2.80. The molecular weight excluding hydrogens is 206 g/mol. The molecule has 2 heterocycles. The van der Waals surface area contributed by atoms with Crippen molar-refractivity contribution in [2.24, 2.45) is 0 Å². The van der Waals surface area contributed by atoms with E-state index in [4.69, 9.17) is 4.42 Å². The first-order chi connectivity index (χ1) is 5.38. The molecule has 1 atom stereocenters. The van der Waals surface area contributed by atoms with E-state index < -0.39 is 0 Å². The van der Waals surface area contributed by atoms with Crippen molar-refractivity contribution in [3.05, 3.63) is 22.6 Å². The van der Waals surface area contributed by atoms with Gasteiger partial charge in [0, 0.05) is 11.6 Å². The van der Waals surface area contributed by atoms with Gasteiger partial charge in [-0.3, -0.25) is 0 Å². The van der Waals surface area contributed by atoms with Crippen LogP contribution in [0.25, 0.3) is 0 Å². The lowest BCUT2D eigenvalue weighted by Crippen LogP contribution is -2.12. The van der Waals surface area contributed by atoms with Crippen molar-refractivity contribution in [3.63, 3.8) is 0 Å². The summed E-state index contributed by atoms with van der Waals surface area (Å²) in [5.74, 6) is 0. The van der Waals surface area contributed by atoms with Crippen LogP contribution in [-0.2, 0) is 0 Å². The molecule has 0 amide bonds. The van der Waals surface area contributed by atoms with E-state index in [1.165, 1.54) is 18.4 Å². The number of furan rings is 1. The highest BCUT2D eigenvalue weighted by atomic mass is 79.9. The zero-order chi connectivity index (χ0) is 7.68. The third kappa shape index (κ3) is 1.35. The van der Waals surface area contributed by atoms with Crippen LogP contribution >= 0.6 is 15.9 Å². The van der Waals surface area contributed by atoms with Crippen LogP contribution in [0.2, 0.25) is 0 Å². The summed E-state index contributed by atoms with van der Waals surface area (Å²) >= 11 is 3.37. The van der Waals surface area contributed by atoms with Crippen LogP contribution in [0.5, 0.6) is 0 Å². The van der Waals surface area contributed by atoms with E-state index in [1.807, 2.05) is 6.07 Å². The maximum absolute atomic E-state index is 5.15. The van der Waals surface area contributed by atoms with Crippen molar-refractivity contribution in [1.29, 1.82) is 0 Å². The summed E-state index contributed by atoms with van der Waals surface area (Å²) in [4.78, 5) is 0. The largest absolute Gasteiger partial charge is 0.457 e. The summed E-state index contributed by atoms with van der Waals surface area (Å²) in [5, 5.41) is 3.41. The number of hydrogen-bond donors (Lipinski definition) is 1. The predicted octanol–water partition coefficient (Wildman–Crippen LogP) is 2.47. The minimum absolute atomic E-state index is 0.503. The van der Waals surface area contributed by atoms with E-state index in [-0.39, 0.29) is 0 Å². The molecule has 2 rings (SSSR count). The van der Waals surface area contributed by atoms with Crippen LogP contribution in [0.3, 0.4) is 0 Å². The van der Waals surface area contributed by atoms with E-state index in [1.54, 1.807) is 6.26 Å². The summed E-state index contributed by atoms with van der Waals surface area (Å²) in [6, 6.07) is 2.52. The lowest BCUT2D eigenvalue weighted by atomic mass is 10.1. The van der Waals surface area contributed by atoms with Crippen molar-refractivity contribution >= 4 is 15.9 Å². The van der Waals surface area contributed by atoms with Gasteiger partial charge in [-0.05, 0) is 41.4 Å². The highest BCUT2D eigenvalue weighted by molar-refractivity contribution is 9.10. The highest BCUT2D eigenvalue weighted by Crippen LogP contribution is 2.29. The van der Waals surface area contributed by atoms with Gasteiger partial charge in [0.1, 0.15) is 0 Å². The average Bonchev–Trinajstić information content (AvgIpc) is 2.55. The van der Waals surface area contributed by atoms with E-state index in [0.29, 0.717) is 6.04 Å². The Kier molecular flexibility index (Phi) is 2.00. The van der Waals surface area contributed by atoms with Gasteiger partial charge in [-0.15, -0.1) is 0 Å². The molecule has 2 nitrogen and oxygen atoms in total. The van der Waals surface area contributed by atoms with E-state index >= 15 is 0 Å². The second kappa shape index (κ2) is 2.99. The molecule has 1 aliphatic rings. The molecule has 3 heteroatoms. The van der Waals surface area contributed by atoms with Gasteiger partial charge < -0.3 is 9.73 Å². The smallest absolute Gasteiger partial charge is 0.173 e. The maximum atomic E-state index is 5.15. The maximum Gasteiger partial charge on any atom is 0.173 e. The molecule has 0 aromatic carbocycles. The monoisotopic (exact) mass is 215 g/mol. The summed E-state index contributed by atoms with van der Waals surface area (Å²) in [7, 11) is 0. The molecule has 0 saturated carbocycles. The Morgan fingerprint density at radius 1 is 1.64 bits per heavy atom. The first-order valence-electron chi connectivity index (χ1n) is 3.84. The highest BCUT2D eigenvalue weighted by Gasteiger charge is 2.19. The van der Waals surface area contributed by atoms with Gasteiger partial charge in [-0.25, -0.2) is 0 Å². The Bertz CT molecular complexity index is 240. The molecule has 60 valence electrons. The lowest BCUT2D eigenvalue weighted by Gasteiger charge is -2.06. The number of hydrogen-bond acceptors (Lipinski definition) is 2. The third-order valence-electron chi connectivity index (χ3n) is 2.08. The zero-order valence-electron chi connectivity index (χ0n) is 6.14. The van der Waals surface area contributed by atoms with Crippen molar-refractivity contribution in [3.8, 4) is 0 Å². The minimum atomic E-state index is 0.503. The quantitative estimate of drug-likeness (QED) is 0.779. The Morgan fingerprint density at radius 3 is 3.09 bits per heavy atom. The fourth-order valence-corrected chi connectivity index (χ4v) is 2.02. The van der Waals surface area contributed by atoms with Gasteiger partial charge in [0.2, 0.25) is 0 Å². The van der Waals surface area contributed by atoms with Crippen LogP contribution in [0.4, 0.5) is 0 Å². The standard InChI is InChI=1S/C8H10BrNO/c9-8-6(3-5-11-8)7-2-1-4-10-7/h3,5,7,10H,1-2,4H2. The van der Waals surface area contributed by atoms with Gasteiger partial charge in [0.25, 0.3) is 0 Å². The van der Waals surface area contributed by atoms with Crippen molar-refractivity contribution < 1.29 is 4.42 Å². The van der Waals surface area contributed by atoms with Gasteiger partial charge in [0.05, 0.1) is 6.26 Å². The fraction of sp³-hybridized carbons (Fsp3) is 0.500. The summed E-state index contributed by atoms with van der Waals surface area (Å²) in [6.07, 6.45) is 4.21. The molecule has 1 aliphatic heterocycles. The Labute approximate surface area is 74.1 Å². The summed E-state index contributed by atoms with van der Waals surface area (Å²) in [5.41, 5.74) is 1.25. The van der Waals surface area contributed by atoms with Crippen molar-refractivity contribution in [2.75, 3.05) is 6.54 Å². The van der Waals surface area contributed by atoms with Crippen LogP contribution < -0.4 is 5.32 Å². The molecule has 0 bridgehead atoms. The number of nitrogens with one attached hydrogen (secondary N) is 1. The number of halogens is 1. The van der Waals surface area contributed by atoms with Gasteiger partial charge >= 0.3 is 0 Å². The SMILES string of the molecule is Brc1occc1C1CCCN1. The lowest BCUT2D eigenvalue weighted by molar-refractivity contribution is 0.526. The predicted molar refractivity (Wildman–Crippen MR) is 46.4 cm³/mol. The van der Waals surface area contributed by atoms with Crippen molar-refractivity contribution in [1.82, 2.24) is 5.32 Å². The molecule has 0 radical (unpaired) electrons. The van der Waals surface area contributed by atoms with Crippen molar-refractivity contribution in [2.45, 2.75) is 18.9 Å². The molecule has 1 aromatic rings. The third-order valence-corrected chi connectivity index (χ3v) is 2.73. The molecule has 1 saturated heterocycles. The first kappa shape index (κ1) is 7.37. The molecule has 0 spiro atoms. The van der Waals surface area contributed by atoms with Gasteiger partial charge in [-0.1, -0.05) is 0 Å². The molecule has 11 heavy (non-hydrogen) atoms. The van der Waals surface area contributed by atoms with Crippen LogP contribution in [0.15, 0.2) is 21.4 Å². The average molecular weight is 216 g/mol. The fourth-order valence-electron chi connectivity index (χ4n) is 1.50.